The fourth-order valence-electron chi connectivity index (χ4n) is 2.00. The summed E-state index contributed by atoms with van der Waals surface area (Å²) in [4.78, 5) is 24.0. The predicted octanol–water partition coefficient (Wildman–Crippen LogP) is 1.39. The van der Waals surface area contributed by atoms with Crippen LogP contribution in [0.5, 0.6) is 0 Å². The minimum absolute atomic E-state index is 0.00820. The van der Waals surface area contributed by atoms with E-state index < -0.39 is 16.4 Å². The van der Waals surface area contributed by atoms with Crippen LogP contribution in [0.4, 0.5) is 0 Å². The molecule has 104 valence electrons. The van der Waals surface area contributed by atoms with Crippen LogP contribution in [0, 0.1) is 0 Å². The quantitative estimate of drug-likeness (QED) is 0.801. The number of hydrogen-bond donors (Lipinski definition) is 0. The summed E-state index contributed by atoms with van der Waals surface area (Å²) in [6.45, 7) is 1.35. The van der Waals surface area contributed by atoms with Crippen molar-refractivity contribution >= 4 is 16.6 Å². The van der Waals surface area contributed by atoms with E-state index in [1.807, 2.05) is 18.2 Å². The lowest BCUT2D eigenvalue weighted by atomic mass is 10.0. The van der Waals surface area contributed by atoms with E-state index in [0.717, 1.165) is 4.68 Å². The topological polar surface area (TPSA) is 69.0 Å². The van der Waals surface area contributed by atoms with Crippen molar-refractivity contribution in [1.29, 1.82) is 0 Å². The minimum Gasteiger partial charge on any atom is -0.294 e. The van der Waals surface area contributed by atoms with Crippen molar-refractivity contribution in [2.75, 3.05) is 6.26 Å². The van der Waals surface area contributed by atoms with Gasteiger partial charge in [0.25, 0.3) is 5.56 Å². The molecule has 6 heteroatoms. The van der Waals surface area contributed by atoms with Crippen LogP contribution in [-0.4, -0.2) is 26.0 Å². The van der Waals surface area contributed by atoms with Gasteiger partial charge in [0.2, 0.25) is 0 Å². The van der Waals surface area contributed by atoms with Gasteiger partial charge in [0, 0.05) is 18.9 Å². The Labute approximate surface area is 118 Å². The molecule has 0 aliphatic heterocycles. The van der Waals surface area contributed by atoms with Gasteiger partial charge >= 0.3 is 0 Å². The molecule has 20 heavy (non-hydrogen) atoms. The van der Waals surface area contributed by atoms with Crippen LogP contribution in [0.15, 0.2) is 40.0 Å². The van der Waals surface area contributed by atoms with E-state index in [1.54, 1.807) is 12.1 Å². The van der Waals surface area contributed by atoms with Gasteiger partial charge in [-0.25, -0.2) is 4.68 Å². The predicted molar refractivity (Wildman–Crippen MR) is 77.3 cm³/mol. The second-order valence-electron chi connectivity index (χ2n) is 4.36. The van der Waals surface area contributed by atoms with Crippen LogP contribution >= 0.6 is 0 Å². The van der Waals surface area contributed by atoms with Gasteiger partial charge in [0.05, 0.1) is 16.4 Å². The summed E-state index contributed by atoms with van der Waals surface area (Å²) in [6.07, 6.45) is 1.39. The SMILES string of the molecule is CC(=O)c1c(-c2ccccc2)nn(C)c(=O)c1S(C)=O. The zero-order valence-corrected chi connectivity index (χ0v) is 12.2. The average molecular weight is 290 g/mol. The van der Waals surface area contributed by atoms with Crippen LogP contribution in [0.1, 0.15) is 17.3 Å². The molecule has 1 heterocycles. The zero-order valence-electron chi connectivity index (χ0n) is 11.4. The fourth-order valence-corrected chi connectivity index (χ4v) is 2.90. The summed E-state index contributed by atoms with van der Waals surface area (Å²) in [7, 11) is -0.0800. The van der Waals surface area contributed by atoms with Gasteiger partial charge in [-0.3, -0.25) is 13.8 Å². The molecular weight excluding hydrogens is 276 g/mol. The summed E-state index contributed by atoms with van der Waals surface area (Å²) in [6, 6.07) is 9.06. The second-order valence-corrected chi connectivity index (χ2v) is 5.67. The molecule has 0 N–H and O–H groups in total. The Bertz CT molecular complexity index is 751. The van der Waals surface area contributed by atoms with Gasteiger partial charge in [0.15, 0.2) is 5.78 Å². The molecule has 1 atom stereocenters. The summed E-state index contributed by atoms with van der Waals surface area (Å²) in [5, 5.41) is 4.16. The van der Waals surface area contributed by atoms with Gasteiger partial charge in [-0.1, -0.05) is 30.3 Å². The molecule has 5 nitrogen and oxygen atoms in total. The number of ketones is 1. The fraction of sp³-hybridized carbons (Fsp3) is 0.214. The monoisotopic (exact) mass is 290 g/mol. The Kier molecular flexibility index (Phi) is 3.94. The van der Waals surface area contributed by atoms with Crippen molar-refractivity contribution < 1.29 is 9.00 Å². The van der Waals surface area contributed by atoms with E-state index >= 15 is 0 Å². The van der Waals surface area contributed by atoms with Gasteiger partial charge in [-0.05, 0) is 6.92 Å². The Balaban J connectivity index is 2.92. The summed E-state index contributed by atoms with van der Waals surface area (Å²) in [5.41, 5.74) is 0.723. The van der Waals surface area contributed by atoms with Crippen molar-refractivity contribution in [3.63, 3.8) is 0 Å². The Morgan fingerprint density at radius 3 is 2.35 bits per heavy atom. The van der Waals surface area contributed by atoms with E-state index in [0.29, 0.717) is 11.3 Å². The first-order valence-corrected chi connectivity index (χ1v) is 7.50. The number of aryl methyl sites for hydroxylation is 1. The lowest BCUT2D eigenvalue weighted by Crippen LogP contribution is -2.28. The molecule has 0 aliphatic carbocycles. The highest BCUT2D eigenvalue weighted by Gasteiger charge is 2.22. The van der Waals surface area contributed by atoms with Crippen molar-refractivity contribution in [3.8, 4) is 11.3 Å². The normalized spacial score (nSPS) is 12.2. The molecule has 0 amide bonds. The lowest BCUT2D eigenvalue weighted by Gasteiger charge is -2.11. The standard InChI is InChI=1S/C14H14N2O3S/c1-9(17)11-12(10-7-5-4-6-8-10)15-16(2)14(18)13(11)20(3)19/h4-8H,1-3H3. The molecule has 1 aromatic heterocycles. The maximum Gasteiger partial charge on any atom is 0.283 e. The summed E-state index contributed by atoms with van der Waals surface area (Å²) in [5.74, 6) is -0.320. The molecule has 0 radical (unpaired) electrons. The van der Waals surface area contributed by atoms with Crippen LogP contribution in [0.3, 0.4) is 0 Å². The number of Topliss-reactive ketones (excluding diaryl/α,β-unsaturated/α-hetero) is 1. The highest BCUT2D eigenvalue weighted by molar-refractivity contribution is 7.84. The van der Waals surface area contributed by atoms with Crippen molar-refractivity contribution in [3.05, 3.63) is 46.2 Å². The largest absolute Gasteiger partial charge is 0.294 e. The average Bonchev–Trinajstić information content (AvgIpc) is 2.41. The molecule has 1 unspecified atom stereocenters. The molecule has 0 saturated heterocycles. The van der Waals surface area contributed by atoms with Crippen LogP contribution in [0.2, 0.25) is 0 Å². The number of benzene rings is 1. The molecule has 0 spiro atoms. The second kappa shape index (κ2) is 5.50. The first kappa shape index (κ1) is 14.3. The Hall–Kier alpha value is -2.08. The summed E-state index contributed by atoms with van der Waals surface area (Å²) < 4.78 is 13.0. The van der Waals surface area contributed by atoms with E-state index in [9.17, 15) is 13.8 Å². The number of nitrogens with zero attached hydrogens (tertiary/aromatic N) is 2. The zero-order chi connectivity index (χ0) is 14.9. The van der Waals surface area contributed by atoms with Crippen LogP contribution < -0.4 is 5.56 Å². The van der Waals surface area contributed by atoms with Crippen molar-refractivity contribution in [1.82, 2.24) is 9.78 Å². The van der Waals surface area contributed by atoms with Gasteiger partial charge < -0.3 is 0 Å². The highest BCUT2D eigenvalue weighted by Crippen LogP contribution is 2.23. The molecular formula is C14H14N2O3S. The number of carbonyl (C=O) groups is 1. The van der Waals surface area contributed by atoms with E-state index in [4.69, 9.17) is 0 Å². The third kappa shape index (κ3) is 2.46. The number of hydrogen-bond acceptors (Lipinski definition) is 4. The maximum atomic E-state index is 12.1. The third-order valence-electron chi connectivity index (χ3n) is 2.89. The molecule has 2 aromatic rings. The lowest BCUT2D eigenvalue weighted by molar-refractivity contribution is 0.101. The van der Waals surface area contributed by atoms with E-state index in [1.165, 1.54) is 20.2 Å². The Morgan fingerprint density at radius 1 is 1.25 bits per heavy atom. The smallest absolute Gasteiger partial charge is 0.283 e. The highest BCUT2D eigenvalue weighted by atomic mass is 32.2. The van der Waals surface area contributed by atoms with Crippen molar-refractivity contribution in [2.24, 2.45) is 7.05 Å². The van der Waals surface area contributed by atoms with Crippen LogP contribution in [-0.2, 0) is 17.8 Å². The third-order valence-corrected chi connectivity index (χ3v) is 3.84. The number of rotatable bonds is 3. The van der Waals surface area contributed by atoms with E-state index in [-0.39, 0.29) is 16.2 Å². The first-order valence-electron chi connectivity index (χ1n) is 5.94. The van der Waals surface area contributed by atoms with Crippen molar-refractivity contribution in [2.45, 2.75) is 11.8 Å². The number of aromatic nitrogens is 2. The molecule has 0 saturated carbocycles. The molecule has 1 aromatic carbocycles. The number of carbonyl (C=O) groups excluding carboxylic acids is 1. The molecule has 0 bridgehead atoms. The first-order chi connectivity index (χ1) is 9.43. The minimum atomic E-state index is -1.56. The molecule has 0 fully saturated rings. The van der Waals surface area contributed by atoms with Crippen LogP contribution in [0.25, 0.3) is 11.3 Å². The summed E-state index contributed by atoms with van der Waals surface area (Å²) >= 11 is 0. The molecule has 2 rings (SSSR count). The van der Waals surface area contributed by atoms with E-state index in [2.05, 4.69) is 5.10 Å². The van der Waals surface area contributed by atoms with Gasteiger partial charge in [-0.2, -0.15) is 5.10 Å². The van der Waals surface area contributed by atoms with Gasteiger partial charge in [0.1, 0.15) is 10.6 Å². The molecule has 0 aliphatic rings. The maximum absolute atomic E-state index is 12.1. The Morgan fingerprint density at radius 2 is 1.85 bits per heavy atom. The van der Waals surface area contributed by atoms with Gasteiger partial charge in [-0.15, -0.1) is 0 Å².